The number of urea groups is 1. The van der Waals surface area contributed by atoms with Gasteiger partial charge in [-0.05, 0) is 12.1 Å². The number of anilines is 1. The van der Waals surface area contributed by atoms with Crippen LogP contribution in [0.3, 0.4) is 0 Å². The maximum absolute atomic E-state index is 13.3. The van der Waals surface area contributed by atoms with E-state index in [1.54, 1.807) is 5.32 Å². The Balaban J connectivity index is 2.70. The molecule has 0 aromatic heterocycles. The van der Waals surface area contributed by atoms with Gasteiger partial charge in [-0.15, -0.1) is 0 Å². The molecule has 17 heavy (non-hydrogen) atoms. The molecule has 4 N–H and O–H groups in total. The van der Waals surface area contributed by atoms with Crippen molar-refractivity contribution in [2.75, 3.05) is 11.9 Å². The summed E-state index contributed by atoms with van der Waals surface area (Å²) < 4.78 is 26.8. The molecule has 1 aromatic carbocycles. The molecule has 92 valence electrons. The average molecular weight is 308 g/mol. The highest BCUT2D eigenvalue weighted by molar-refractivity contribution is 9.10. The molecule has 0 spiro atoms. The Kier molecular flexibility index (Phi) is 4.38. The van der Waals surface area contributed by atoms with Gasteiger partial charge in [-0.1, -0.05) is 15.9 Å². The maximum atomic E-state index is 13.3. The average Bonchev–Trinajstić information content (AvgIpc) is 2.14. The SMILES string of the molecule is NC(=O)NC(=O)CNc1c(F)cc(Br)cc1F. The van der Waals surface area contributed by atoms with Gasteiger partial charge in [-0.3, -0.25) is 10.1 Å². The highest BCUT2D eigenvalue weighted by atomic mass is 79.9. The summed E-state index contributed by atoms with van der Waals surface area (Å²) in [6.45, 7) is -0.474. The summed E-state index contributed by atoms with van der Waals surface area (Å²) in [5.74, 6) is -2.51. The van der Waals surface area contributed by atoms with Crippen molar-refractivity contribution in [3.8, 4) is 0 Å². The van der Waals surface area contributed by atoms with Gasteiger partial charge in [-0.25, -0.2) is 13.6 Å². The van der Waals surface area contributed by atoms with Gasteiger partial charge in [-0.2, -0.15) is 0 Å². The minimum Gasteiger partial charge on any atom is -0.371 e. The second-order valence-electron chi connectivity index (χ2n) is 3.01. The third kappa shape index (κ3) is 3.99. The minimum atomic E-state index is -1.03. The summed E-state index contributed by atoms with van der Waals surface area (Å²) in [6, 6.07) is 1.04. The van der Waals surface area contributed by atoms with E-state index < -0.39 is 35.8 Å². The Hall–Kier alpha value is -1.70. The van der Waals surface area contributed by atoms with E-state index in [1.165, 1.54) is 0 Å². The topological polar surface area (TPSA) is 84.2 Å². The summed E-state index contributed by atoms with van der Waals surface area (Å²) in [6.07, 6.45) is 0. The summed E-state index contributed by atoms with van der Waals surface area (Å²) in [7, 11) is 0. The molecule has 1 aromatic rings. The number of hydrogen-bond donors (Lipinski definition) is 3. The fourth-order valence-electron chi connectivity index (χ4n) is 1.06. The fourth-order valence-corrected chi connectivity index (χ4v) is 1.46. The number of benzene rings is 1. The van der Waals surface area contributed by atoms with Crippen LogP contribution >= 0.6 is 15.9 Å². The molecule has 0 saturated carbocycles. The van der Waals surface area contributed by atoms with Gasteiger partial charge in [0.2, 0.25) is 5.91 Å². The minimum absolute atomic E-state index is 0.236. The number of nitrogens with one attached hydrogen (secondary N) is 2. The van der Waals surface area contributed by atoms with E-state index in [0.29, 0.717) is 0 Å². The first kappa shape index (κ1) is 13.4. The number of hydrogen-bond acceptors (Lipinski definition) is 3. The number of carbonyl (C=O) groups is 2. The van der Waals surface area contributed by atoms with Crippen LogP contribution in [0, 0.1) is 11.6 Å². The molecule has 0 unspecified atom stereocenters. The van der Waals surface area contributed by atoms with Gasteiger partial charge in [0.25, 0.3) is 0 Å². The van der Waals surface area contributed by atoms with E-state index in [9.17, 15) is 18.4 Å². The monoisotopic (exact) mass is 307 g/mol. The Labute approximate surface area is 103 Å². The zero-order valence-electron chi connectivity index (χ0n) is 8.39. The predicted molar refractivity (Wildman–Crippen MR) is 60.3 cm³/mol. The molecule has 8 heteroatoms. The first-order chi connectivity index (χ1) is 7.90. The Morgan fingerprint density at radius 2 is 1.82 bits per heavy atom. The number of nitrogens with two attached hydrogens (primary N) is 1. The van der Waals surface area contributed by atoms with Crippen molar-refractivity contribution in [1.82, 2.24) is 5.32 Å². The maximum Gasteiger partial charge on any atom is 0.318 e. The molecular weight excluding hydrogens is 300 g/mol. The third-order valence-electron chi connectivity index (χ3n) is 1.70. The number of rotatable bonds is 3. The molecule has 1 rings (SSSR count). The lowest BCUT2D eigenvalue weighted by Crippen LogP contribution is -2.38. The van der Waals surface area contributed by atoms with E-state index in [1.807, 2.05) is 0 Å². The van der Waals surface area contributed by atoms with Gasteiger partial charge in [0, 0.05) is 4.47 Å². The molecule has 0 atom stereocenters. The Morgan fingerprint density at radius 1 is 1.29 bits per heavy atom. The molecule has 5 nitrogen and oxygen atoms in total. The van der Waals surface area contributed by atoms with Gasteiger partial charge >= 0.3 is 6.03 Å². The lowest BCUT2D eigenvalue weighted by molar-refractivity contribution is -0.118. The van der Waals surface area contributed by atoms with Crippen molar-refractivity contribution in [2.45, 2.75) is 0 Å². The quantitative estimate of drug-likeness (QED) is 0.788. The van der Waals surface area contributed by atoms with Gasteiger partial charge in [0.15, 0.2) is 0 Å². The zero-order chi connectivity index (χ0) is 13.0. The standard InChI is InChI=1S/C9H8BrF2N3O2/c10-4-1-5(11)8(6(12)2-4)14-3-7(16)15-9(13)17/h1-2,14H,3H2,(H3,13,15,16,17). The van der Waals surface area contributed by atoms with Crippen LogP contribution in [0.1, 0.15) is 0 Å². The smallest absolute Gasteiger partial charge is 0.318 e. The molecule has 0 aliphatic carbocycles. The van der Waals surface area contributed by atoms with Crippen LogP contribution < -0.4 is 16.4 Å². The molecule has 0 bridgehead atoms. The second-order valence-corrected chi connectivity index (χ2v) is 3.93. The van der Waals surface area contributed by atoms with Crippen LogP contribution in [0.5, 0.6) is 0 Å². The molecule has 0 fully saturated rings. The van der Waals surface area contributed by atoms with E-state index in [4.69, 9.17) is 0 Å². The van der Waals surface area contributed by atoms with Crippen molar-refractivity contribution in [1.29, 1.82) is 0 Å². The number of carbonyl (C=O) groups excluding carboxylic acids is 2. The van der Waals surface area contributed by atoms with Crippen LogP contribution in [0.15, 0.2) is 16.6 Å². The molecular formula is C9H8BrF2N3O2. The number of primary amides is 1. The molecule has 0 heterocycles. The van der Waals surface area contributed by atoms with E-state index in [-0.39, 0.29) is 4.47 Å². The van der Waals surface area contributed by atoms with Crippen LogP contribution in [-0.4, -0.2) is 18.5 Å². The van der Waals surface area contributed by atoms with Crippen molar-refractivity contribution in [2.24, 2.45) is 5.73 Å². The fraction of sp³-hybridized carbons (Fsp3) is 0.111. The highest BCUT2D eigenvalue weighted by Gasteiger charge is 2.12. The number of halogens is 3. The van der Waals surface area contributed by atoms with E-state index in [0.717, 1.165) is 12.1 Å². The normalized spacial score (nSPS) is 9.82. The van der Waals surface area contributed by atoms with Crippen LogP contribution in [0.2, 0.25) is 0 Å². The van der Waals surface area contributed by atoms with E-state index in [2.05, 4.69) is 27.0 Å². The lowest BCUT2D eigenvalue weighted by atomic mass is 10.3. The second kappa shape index (κ2) is 5.58. The highest BCUT2D eigenvalue weighted by Crippen LogP contribution is 2.23. The van der Waals surface area contributed by atoms with E-state index >= 15 is 0 Å². The Bertz CT molecular complexity index is 445. The summed E-state index contributed by atoms with van der Waals surface area (Å²) in [5.41, 5.74) is 4.24. The molecule has 0 aliphatic rings. The third-order valence-corrected chi connectivity index (χ3v) is 2.15. The van der Waals surface area contributed by atoms with Crippen molar-refractivity contribution < 1.29 is 18.4 Å². The summed E-state index contributed by atoms with van der Waals surface area (Å²) in [5, 5.41) is 3.97. The van der Waals surface area contributed by atoms with Crippen LogP contribution in [0.4, 0.5) is 19.3 Å². The predicted octanol–water partition coefficient (Wildman–Crippen LogP) is 1.33. The Morgan fingerprint density at radius 3 is 2.29 bits per heavy atom. The van der Waals surface area contributed by atoms with Gasteiger partial charge in [0.05, 0.1) is 6.54 Å². The van der Waals surface area contributed by atoms with Gasteiger partial charge < -0.3 is 11.1 Å². The molecule has 0 aliphatic heterocycles. The summed E-state index contributed by atoms with van der Waals surface area (Å²) in [4.78, 5) is 21.3. The van der Waals surface area contributed by atoms with Gasteiger partial charge in [0.1, 0.15) is 17.3 Å². The molecule has 3 amide bonds. The van der Waals surface area contributed by atoms with Crippen molar-refractivity contribution >= 4 is 33.6 Å². The number of amides is 3. The lowest BCUT2D eigenvalue weighted by Gasteiger charge is -2.08. The van der Waals surface area contributed by atoms with Crippen LogP contribution in [0.25, 0.3) is 0 Å². The molecule has 0 saturated heterocycles. The van der Waals surface area contributed by atoms with Crippen LogP contribution in [-0.2, 0) is 4.79 Å². The molecule has 0 radical (unpaired) electrons. The largest absolute Gasteiger partial charge is 0.371 e. The first-order valence-electron chi connectivity index (χ1n) is 4.38. The zero-order valence-corrected chi connectivity index (χ0v) is 9.98. The summed E-state index contributed by atoms with van der Waals surface area (Å²) >= 11 is 2.91. The van der Waals surface area contributed by atoms with Crippen molar-refractivity contribution in [3.05, 3.63) is 28.2 Å². The van der Waals surface area contributed by atoms with Crippen molar-refractivity contribution in [3.63, 3.8) is 0 Å². The number of imide groups is 1. The first-order valence-corrected chi connectivity index (χ1v) is 5.17.